The second-order valence-corrected chi connectivity index (χ2v) is 8.31. The number of hydrogen-bond donors (Lipinski definition) is 0. The third kappa shape index (κ3) is 4.71. The minimum absolute atomic E-state index is 0.0354. The summed E-state index contributed by atoms with van der Waals surface area (Å²) in [5.74, 6) is 1.79. The number of aromatic nitrogens is 6. The van der Waals surface area contributed by atoms with Gasteiger partial charge < -0.3 is 14.4 Å². The molecule has 30 heavy (non-hydrogen) atoms. The number of nitrogens with zero attached hydrogens (tertiary/aromatic N) is 7. The Bertz CT molecular complexity index is 937. The Labute approximate surface area is 180 Å². The van der Waals surface area contributed by atoms with Crippen molar-refractivity contribution in [1.82, 2.24) is 29.5 Å². The monoisotopic (exact) mass is 431 g/mol. The van der Waals surface area contributed by atoms with Gasteiger partial charge in [-0.15, -0.1) is 21.5 Å². The molecule has 162 valence electrons. The van der Waals surface area contributed by atoms with Crippen LogP contribution >= 0.6 is 11.3 Å². The first-order valence-electron chi connectivity index (χ1n) is 10.4. The number of aryl methyl sites for hydroxylation is 2. The first-order valence-corrected chi connectivity index (χ1v) is 11.3. The zero-order chi connectivity index (χ0) is 20.9. The Balaban J connectivity index is 1.56. The van der Waals surface area contributed by atoms with Crippen molar-refractivity contribution in [3.05, 3.63) is 39.9 Å². The lowest BCUT2D eigenvalue weighted by Gasteiger charge is -2.32. The number of hydrogen-bond acceptors (Lipinski definition) is 8. The molecule has 10 heteroatoms. The Morgan fingerprint density at radius 1 is 1.30 bits per heavy atom. The van der Waals surface area contributed by atoms with Gasteiger partial charge in [0.25, 0.3) is 0 Å². The summed E-state index contributed by atoms with van der Waals surface area (Å²) in [7, 11) is 0. The van der Waals surface area contributed by atoms with Crippen LogP contribution in [0, 0.1) is 13.8 Å². The van der Waals surface area contributed by atoms with Gasteiger partial charge >= 0.3 is 0 Å². The quantitative estimate of drug-likeness (QED) is 0.482. The molecule has 0 N–H and O–H groups in total. The van der Waals surface area contributed by atoms with Crippen LogP contribution in [0.15, 0.2) is 17.6 Å². The van der Waals surface area contributed by atoms with Gasteiger partial charge in [0, 0.05) is 43.6 Å². The fourth-order valence-corrected chi connectivity index (χ4v) is 4.39. The summed E-state index contributed by atoms with van der Waals surface area (Å²) in [5, 5.41) is 16.7. The van der Waals surface area contributed by atoms with Crippen molar-refractivity contribution < 1.29 is 9.47 Å². The molecule has 0 radical (unpaired) electrons. The normalized spacial score (nSPS) is 17.0. The molecular formula is C20H29N7O2S. The molecule has 1 fully saturated rings. The van der Waals surface area contributed by atoms with Crippen molar-refractivity contribution in [2.24, 2.45) is 0 Å². The molecule has 0 aromatic carbocycles. The van der Waals surface area contributed by atoms with Crippen molar-refractivity contribution in [3.8, 4) is 0 Å². The molecule has 0 amide bonds. The van der Waals surface area contributed by atoms with Crippen LogP contribution in [-0.2, 0) is 22.6 Å². The average Bonchev–Trinajstić information content (AvgIpc) is 3.47. The molecule has 4 heterocycles. The molecule has 9 nitrogen and oxygen atoms in total. The van der Waals surface area contributed by atoms with Crippen LogP contribution in [0.1, 0.15) is 41.7 Å². The molecule has 4 rings (SSSR count). The standard InChI is InChI=1S/C20H29N7O2S/c1-4-28-9-5-7-26-18(14-27-16(3)12-15(2)24-27)22-23-20(26)25-8-10-29-17(13-25)19-21-6-11-30-19/h6,11-12,17H,4-5,7-10,13-14H2,1-3H3. The van der Waals surface area contributed by atoms with Gasteiger partial charge in [0.1, 0.15) is 17.7 Å². The third-order valence-corrected chi connectivity index (χ3v) is 6.02. The lowest BCUT2D eigenvalue weighted by atomic mass is 10.3. The number of thiazole rings is 1. The van der Waals surface area contributed by atoms with Crippen LogP contribution in [0.3, 0.4) is 0 Å². The first kappa shape index (κ1) is 21.0. The summed E-state index contributed by atoms with van der Waals surface area (Å²) in [6, 6.07) is 2.08. The van der Waals surface area contributed by atoms with Crippen LogP contribution in [0.4, 0.5) is 5.95 Å². The maximum absolute atomic E-state index is 5.96. The fourth-order valence-electron chi connectivity index (χ4n) is 3.72. The lowest BCUT2D eigenvalue weighted by Crippen LogP contribution is -2.40. The van der Waals surface area contributed by atoms with E-state index in [-0.39, 0.29) is 6.10 Å². The molecule has 0 saturated carbocycles. The van der Waals surface area contributed by atoms with Gasteiger partial charge in [-0.3, -0.25) is 9.25 Å². The van der Waals surface area contributed by atoms with E-state index in [0.717, 1.165) is 67.4 Å². The second-order valence-electron chi connectivity index (χ2n) is 7.38. The van der Waals surface area contributed by atoms with E-state index in [9.17, 15) is 0 Å². The van der Waals surface area contributed by atoms with E-state index in [0.29, 0.717) is 13.2 Å². The Hall–Kier alpha value is -2.30. The first-order chi connectivity index (χ1) is 14.7. The van der Waals surface area contributed by atoms with E-state index in [1.807, 2.05) is 30.1 Å². The zero-order valence-electron chi connectivity index (χ0n) is 17.8. The van der Waals surface area contributed by atoms with Gasteiger partial charge in [0.15, 0.2) is 5.82 Å². The predicted molar refractivity (Wildman–Crippen MR) is 115 cm³/mol. The van der Waals surface area contributed by atoms with E-state index in [1.54, 1.807) is 11.3 Å². The lowest BCUT2D eigenvalue weighted by molar-refractivity contribution is 0.0387. The van der Waals surface area contributed by atoms with Crippen molar-refractivity contribution in [2.45, 2.75) is 46.4 Å². The molecule has 0 bridgehead atoms. The number of anilines is 1. The summed E-state index contributed by atoms with van der Waals surface area (Å²) in [6.45, 7) is 11.1. The summed E-state index contributed by atoms with van der Waals surface area (Å²) in [6.07, 6.45) is 2.70. The van der Waals surface area contributed by atoms with Gasteiger partial charge in [-0.2, -0.15) is 5.10 Å². The van der Waals surface area contributed by atoms with Crippen LogP contribution in [0.2, 0.25) is 0 Å². The summed E-state index contributed by atoms with van der Waals surface area (Å²) in [4.78, 5) is 6.69. The van der Waals surface area contributed by atoms with Crippen LogP contribution in [0.25, 0.3) is 0 Å². The average molecular weight is 432 g/mol. The smallest absolute Gasteiger partial charge is 0.227 e. The molecule has 1 saturated heterocycles. The summed E-state index contributed by atoms with van der Waals surface area (Å²) in [5.41, 5.74) is 2.13. The summed E-state index contributed by atoms with van der Waals surface area (Å²) < 4.78 is 15.7. The highest BCUT2D eigenvalue weighted by Gasteiger charge is 2.28. The largest absolute Gasteiger partial charge is 0.382 e. The van der Waals surface area contributed by atoms with E-state index < -0.39 is 0 Å². The Morgan fingerprint density at radius 3 is 2.93 bits per heavy atom. The number of ether oxygens (including phenoxy) is 2. The molecule has 0 aliphatic carbocycles. The van der Waals surface area contributed by atoms with Gasteiger partial charge in [-0.25, -0.2) is 4.98 Å². The van der Waals surface area contributed by atoms with Gasteiger partial charge in [0.05, 0.1) is 18.8 Å². The van der Waals surface area contributed by atoms with Gasteiger partial charge in [-0.1, -0.05) is 0 Å². The van der Waals surface area contributed by atoms with Crippen LogP contribution in [-0.4, -0.2) is 62.4 Å². The number of rotatable bonds is 9. The molecular weight excluding hydrogens is 402 g/mol. The molecule has 3 aromatic rings. The van der Waals surface area contributed by atoms with Crippen LogP contribution in [0.5, 0.6) is 0 Å². The van der Waals surface area contributed by atoms with E-state index >= 15 is 0 Å². The highest BCUT2D eigenvalue weighted by molar-refractivity contribution is 7.09. The van der Waals surface area contributed by atoms with Crippen LogP contribution < -0.4 is 4.90 Å². The Morgan fingerprint density at radius 2 is 2.20 bits per heavy atom. The highest BCUT2D eigenvalue weighted by atomic mass is 32.1. The van der Waals surface area contributed by atoms with Gasteiger partial charge in [0.2, 0.25) is 5.95 Å². The van der Waals surface area contributed by atoms with Crippen molar-refractivity contribution in [3.63, 3.8) is 0 Å². The maximum Gasteiger partial charge on any atom is 0.227 e. The van der Waals surface area contributed by atoms with Crippen molar-refractivity contribution >= 4 is 17.3 Å². The van der Waals surface area contributed by atoms with Gasteiger partial charge in [-0.05, 0) is 33.3 Å². The van der Waals surface area contributed by atoms with E-state index in [1.165, 1.54) is 0 Å². The topological polar surface area (TPSA) is 83.1 Å². The molecule has 1 aliphatic heterocycles. The molecule has 0 spiro atoms. The molecule has 1 aliphatic rings. The van der Waals surface area contributed by atoms with E-state index in [4.69, 9.17) is 9.47 Å². The minimum atomic E-state index is -0.0354. The number of morpholine rings is 1. The fraction of sp³-hybridized carbons (Fsp3) is 0.600. The van der Waals surface area contributed by atoms with Crippen molar-refractivity contribution in [2.75, 3.05) is 37.8 Å². The Kier molecular flexibility index (Phi) is 6.76. The highest BCUT2D eigenvalue weighted by Crippen LogP contribution is 2.27. The SMILES string of the molecule is CCOCCCn1c(Cn2nc(C)cc2C)nnc1N1CCOC(c2nccs2)C1. The molecule has 1 unspecified atom stereocenters. The zero-order valence-corrected chi connectivity index (χ0v) is 18.6. The third-order valence-electron chi connectivity index (χ3n) is 5.15. The maximum atomic E-state index is 5.96. The summed E-state index contributed by atoms with van der Waals surface area (Å²) >= 11 is 1.63. The predicted octanol–water partition coefficient (Wildman–Crippen LogP) is 2.60. The minimum Gasteiger partial charge on any atom is -0.382 e. The van der Waals surface area contributed by atoms with E-state index in [2.05, 4.69) is 42.7 Å². The second kappa shape index (κ2) is 9.67. The molecule has 1 atom stereocenters. The molecule has 3 aromatic heterocycles. The van der Waals surface area contributed by atoms with Crippen molar-refractivity contribution in [1.29, 1.82) is 0 Å².